The Kier molecular flexibility index (Phi) is 5.24. The summed E-state index contributed by atoms with van der Waals surface area (Å²) in [4.78, 5) is 14.0. The molecule has 24 heavy (non-hydrogen) atoms. The molecule has 128 valence electrons. The van der Waals surface area contributed by atoms with Crippen molar-refractivity contribution in [1.82, 2.24) is 5.32 Å². The number of para-hydroxylation sites is 1. The van der Waals surface area contributed by atoms with Crippen molar-refractivity contribution in [1.29, 1.82) is 0 Å². The van der Waals surface area contributed by atoms with Crippen LogP contribution in [0.5, 0.6) is 0 Å². The quantitative estimate of drug-likeness (QED) is 0.742. The SMILES string of the molecule is Cc1cccc(C(C)C)c1NC(=O)NC1CCCC1c1cccs1. The summed E-state index contributed by atoms with van der Waals surface area (Å²) in [5.41, 5.74) is 3.25. The van der Waals surface area contributed by atoms with Gasteiger partial charge in [0.25, 0.3) is 0 Å². The zero-order chi connectivity index (χ0) is 17.1. The average Bonchev–Trinajstić information content (AvgIpc) is 3.19. The maximum Gasteiger partial charge on any atom is 0.319 e. The molecule has 4 heteroatoms. The van der Waals surface area contributed by atoms with E-state index in [2.05, 4.69) is 54.1 Å². The Morgan fingerprint density at radius 2 is 2.04 bits per heavy atom. The van der Waals surface area contributed by atoms with Crippen LogP contribution in [0.3, 0.4) is 0 Å². The lowest BCUT2D eigenvalue weighted by Crippen LogP contribution is -2.39. The minimum absolute atomic E-state index is 0.0837. The molecule has 0 spiro atoms. The van der Waals surface area contributed by atoms with Crippen molar-refractivity contribution >= 4 is 23.1 Å². The molecule has 1 aliphatic rings. The molecule has 0 bridgehead atoms. The average molecular weight is 343 g/mol. The van der Waals surface area contributed by atoms with Crippen molar-refractivity contribution in [3.8, 4) is 0 Å². The third-order valence-electron chi connectivity index (χ3n) is 4.91. The predicted molar refractivity (Wildman–Crippen MR) is 102 cm³/mol. The summed E-state index contributed by atoms with van der Waals surface area (Å²) in [6.45, 7) is 6.36. The Morgan fingerprint density at radius 1 is 1.21 bits per heavy atom. The maximum atomic E-state index is 12.6. The third-order valence-corrected chi connectivity index (χ3v) is 5.91. The molecule has 2 atom stereocenters. The molecule has 1 aromatic heterocycles. The minimum Gasteiger partial charge on any atom is -0.334 e. The Morgan fingerprint density at radius 3 is 2.75 bits per heavy atom. The topological polar surface area (TPSA) is 41.1 Å². The van der Waals surface area contributed by atoms with Gasteiger partial charge in [-0.25, -0.2) is 4.79 Å². The third kappa shape index (κ3) is 3.64. The molecule has 0 saturated heterocycles. The molecule has 2 aromatic rings. The van der Waals surface area contributed by atoms with Crippen molar-refractivity contribution in [3.63, 3.8) is 0 Å². The van der Waals surface area contributed by atoms with Gasteiger partial charge in [0, 0.05) is 22.5 Å². The molecule has 3 nitrogen and oxygen atoms in total. The fourth-order valence-corrected chi connectivity index (χ4v) is 4.56. The minimum atomic E-state index is -0.0837. The highest BCUT2D eigenvalue weighted by Gasteiger charge is 2.30. The summed E-state index contributed by atoms with van der Waals surface area (Å²) in [5.74, 6) is 0.836. The van der Waals surface area contributed by atoms with E-state index in [1.54, 1.807) is 11.3 Å². The van der Waals surface area contributed by atoms with Crippen LogP contribution in [-0.4, -0.2) is 12.1 Å². The monoisotopic (exact) mass is 342 g/mol. The predicted octanol–water partition coefficient (Wildman–Crippen LogP) is 5.64. The van der Waals surface area contributed by atoms with Crippen LogP contribution in [-0.2, 0) is 0 Å². The van der Waals surface area contributed by atoms with Crippen LogP contribution in [0.25, 0.3) is 0 Å². The highest BCUT2D eigenvalue weighted by atomic mass is 32.1. The lowest BCUT2D eigenvalue weighted by Gasteiger charge is -2.22. The Balaban J connectivity index is 1.70. The van der Waals surface area contributed by atoms with E-state index >= 15 is 0 Å². The maximum absolute atomic E-state index is 12.6. The van der Waals surface area contributed by atoms with Gasteiger partial charge in [-0.1, -0.05) is 44.5 Å². The van der Waals surface area contributed by atoms with E-state index in [1.165, 1.54) is 16.9 Å². The summed E-state index contributed by atoms with van der Waals surface area (Å²) in [5, 5.41) is 8.44. The Labute approximate surface area is 148 Å². The van der Waals surface area contributed by atoms with Gasteiger partial charge in [-0.2, -0.15) is 0 Å². The first-order valence-corrected chi connectivity index (χ1v) is 9.64. The molecule has 0 aliphatic heterocycles. The van der Waals surface area contributed by atoms with E-state index in [1.807, 2.05) is 13.0 Å². The molecular weight excluding hydrogens is 316 g/mol. The first kappa shape index (κ1) is 17.0. The fourth-order valence-electron chi connectivity index (χ4n) is 3.64. The van der Waals surface area contributed by atoms with Crippen molar-refractivity contribution in [2.45, 2.75) is 57.9 Å². The molecule has 1 heterocycles. The number of amides is 2. The number of carbonyl (C=O) groups is 1. The number of hydrogen-bond acceptors (Lipinski definition) is 2. The van der Waals surface area contributed by atoms with Gasteiger partial charge in [0.1, 0.15) is 0 Å². The smallest absolute Gasteiger partial charge is 0.319 e. The summed E-state index contributed by atoms with van der Waals surface area (Å²) in [6.07, 6.45) is 3.39. The molecule has 2 N–H and O–H groups in total. The van der Waals surface area contributed by atoms with Gasteiger partial charge in [-0.05, 0) is 48.3 Å². The number of rotatable bonds is 4. The van der Waals surface area contributed by atoms with Crippen LogP contribution in [0.4, 0.5) is 10.5 Å². The van der Waals surface area contributed by atoms with Crippen LogP contribution < -0.4 is 10.6 Å². The van der Waals surface area contributed by atoms with E-state index in [0.717, 1.165) is 24.1 Å². The van der Waals surface area contributed by atoms with Gasteiger partial charge < -0.3 is 10.6 Å². The lowest BCUT2D eigenvalue weighted by molar-refractivity contribution is 0.247. The van der Waals surface area contributed by atoms with Crippen LogP contribution in [0, 0.1) is 6.92 Å². The highest BCUT2D eigenvalue weighted by molar-refractivity contribution is 7.10. The molecule has 0 radical (unpaired) electrons. The first-order chi connectivity index (χ1) is 11.6. The molecule has 1 fully saturated rings. The standard InChI is InChI=1S/C20H26N2OS/c1-13(2)15-8-4-7-14(3)19(15)22-20(23)21-17-10-5-9-16(17)18-11-6-12-24-18/h4,6-8,11-13,16-17H,5,9-10H2,1-3H3,(H2,21,22,23). The Bertz CT molecular complexity index is 694. The second-order valence-electron chi connectivity index (χ2n) is 6.95. The normalized spacial score (nSPS) is 20.3. The fraction of sp³-hybridized carbons (Fsp3) is 0.450. The molecule has 2 unspecified atom stereocenters. The number of hydrogen-bond donors (Lipinski definition) is 2. The van der Waals surface area contributed by atoms with Crippen molar-refractivity contribution in [2.24, 2.45) is 0 Å². The lowest BCUT2D eigenvalue weighted by atomic mass is 9.98. The highest BCUT2D eigenvalue weighted by Crippen LogP contribution is 2.37. The van der Waals surface area contributed by atoms with Gasteiger partial charge >= 0.3 is 6.03 Å². The summed E-state index contributed by atoms with van der Waals surface area (Å²) < 4.78 is 0. The van der Waals surface area contributed by atoms with Gasteiger partial charge in [0.05, 0.1) is 0 Å². The zero-order valence-corrected chi connectivity index (χ0v) is 15.5. The molecule has 1 aromatic carbocycles. The summed E-state index contributed by atoms with van der Waals surface area (Å²) in [6, 6.07) is 10.6. The van der Waals surface area contributed by atoms with E-state index in [-0.39, 0.29) is 12.1 Å². The second kappa shape index (κ2) is 7.39. The van der Waals surface area contributed by atoms with Gasteiger partial charge in [-0.15, -0.1) is 11.3 Å². The number of nitrogens with one attached hydrogen (secondary N) is 2. The van der Waals surface area contributed by atoms with Crippen LogP contribution in [0.1, 0.15) is 60.9 Å². The van der Waals surface area contributed by atoms with Crippen molar-refractivity contribution in [2.75, 3.05) is 5.32 Å². The Hall–Kier alpha value is -1.81. The number of carbonyl (C=O) groups excluding carboxylic acids is 1. The second-order valence-corrected chi connectivity index (χ2v) is 7.93. The van der Waals surface area contributed by atoms with Crippen molar-refractivity contribution < 1.29 is 4.79 Å². The molecule has 1 aliphatic carbocycles. The van der Waals surface area contributed by atoms with Crippen LogP contribution >= 0.6 is 11.3 Å². The van der Waals surface area contributed by atoms with E-state index in [4.69, 9.17) is 0 Å². The summed E-state index contributed by atoms with van der Waals surface area (Å²) >= 11 is 1.79. The number of aryl methyl sites for hydroxylation is 1. The molecule has 2 amide bonds. The van der Waals surface area contributed by atoms with E-state index in [0.29, 0.717) is 11.8 Å². The molecule has 1 saturated carbocycles. The number of urea groups is 1. The van der Waals surface area contributed by atoms with Gasteiger partial charge in [0.15, 0.2) is 0 Å². The largest absolute Gasteiger partial charge is 0.334 e. The van der Waals surface area contributed by atoms with Gasteiger partial charge in [-0.3, -0.25) is 0 Å². The number of anilines is 1. The van der Waals surface area contributed by atoms with Crippen molar-refractivity contribution in [3.05, 3.63) is 51.7 Å². The van der Waals surface area contributed by atoms with E-state index < -0.39 is 0 Å². The summed E-state index contributed by atoms with van der Waals surface area (Å²) in [7, 11) is 0. The molecule has 3 rings (SSSR count). The van der Waals surface area contributed by atoms with E-state index in [9.17, 15) is 4.79 Å². The van der Waals surface area contributed by atoms with Gasteiger partial charge in [0.2, 0.25) is 0 Å². The zero-order valence-electron chi connectivity index (χ0n) is 14.6. The molecular formula is C20H26N2OS. The first-order valence-electron chi connectivity index (χ1n) is 8.76. The van der Waals surface area contributed by atoms with Crippen LogP contribution in [0.15, 0.2) is 35.7 Å². The number of thiophene rings is 1. The van der Waals surface area contributed by atoms with Crippen LogP contribution in [0.2, 0.25) is 0 Å². The number of benzene rings is 1.